The Morgan fingerprint density at radius 2 is 1.80 bits per heavy atom. The van der Waals surface area contributed by atoms with Crippen LogP contribution in [0.25, 0.3) is 0 Å². The SMILES string of the molecule is CC1=NOC(O)(c2ccccc2)C1(C)C. The minimum absolute atomic E-state index is 0.506. The Bertz CT molecular complexity index is 397. The molecule has 0 aromatic heterocycles. The largest absolute Gasteiger partial charge is 0.354 e. The van der Waals surface area contributed by atoms with Gasteiger partial charge in [0.2, 0.25) is 0 Å². The fraction of sp³-hybridized carbons (Fsp3) is 0.417. The molecule has 80 valence electrons. The van der Waals surface area contributed by atoms with E-state index in [0.717, 1.165) is 11.3 Å². The molecule has 1 heterocycles. The number of hydrogen-bond acceptors (Lipinski definition) is 3. The van der Waals surface area contributed by atoms with Gasteiger partial charge in [-0.15, -0.1) is 0 Å². The molecule has 2 rings (SSSR count). The summed E-state index contributed by atoms with van der Waals surface area (Å²) in [5, 5.41) is 14.4. The van der Waals surface area contributed by atoms with Crippen LogP contribution in [0, 0.1) is 5.41 Å². The minimum atomic E-state index is -1.35. The molecule has 0 saturated heterocycles. The number of oxime groups is 1. The fourth-order valence-corrected chi connectivity index (χ4v) is 1.69. The van der Waals surface area contributed by atoms with Gasteiger partial charge in [0.15, 0.2) is 0 Å². The third kappa shape index (κ3) is 1.27. The lowest BCUT2D eigenvalue weighted by atomic mass is 9.76. The summed E-state index contributed by atoms with van der Waals surface area (Å²) in [6, 6.07) is 9.34. The summed E-state index contributed by atoms with van der Waals surface area (Å²) in [5.74, 6) is -1.35. The number of benzene rings is 1. The molecule has 0 aliphatic carbocycles. The van der Waals surface area contributed by atoms with Crippen LogP contribution < -0.4 is 0 Å². The molecule has 1 N–H and O–H groups in total. The van der Waals surface area contributed by atoms with Gasteiger partial charge in [0.1, 0.15) is 0 Å². The summed E-state index contributed by atoms with van der Waals surface area (Å²) >= 11 is 0. The van der Waals surface area contributed by atoms with Gasteiger partial charge >= 0.3 is 0 Å². The Balaban J connectivity index is 2.47. The van der Waals surface area contributed by atoms with E-state index in [0.29, 0.717) is 0 Å². The highest BCUT2D eigenvalue weighted by Crippen LogP contribution is 2.45. The molecule has 1 atom stereocenters. The predicted molar refractivity (Wildman–Crippen MR) is 58.3 cm³/mol. The van der Waals surface area contributed by atoms with Crippen LogP contribution in [-0.4, -0.2) is 10.8 Å². The first-order valence-corrected chi connectivity index (χ1v) is 4.99. The quantitative estimate of drug-likeness (QED) is 0.764. The van der Waals surface area contributed by atoms with Crippen LogP contribution in [0.4, 0.5) is 0 Å². The highest BCUT2D eigenvalue weighted by Gasteiger charge is 2.54. The third-order valence-corrected chi connectivity index (χ3v) is 3.23. The number of nitrogens with zero attached hydrogens (tertiary/aromatic N) is 1. The third-order valence-electron chi connectivity index (χ3n) is 3.23. The standard InChI is InChI=1S/C12H15NO2/c1-9-11(2,3)12(14,15-13-9)10-7-5-4-6-8-10/h4-8,14H,1-3H3. The van der Waals surface area contributed by atoms with E-state index in [4.69, 9.17) is 4.84 Å². The Hall–Kier alpha value is -1.35. The van der Waals surface area contributed by atoms with Gasteiger partial charge in [0, 0.05) is 5.56 Å². The Morgan fingerprint density at radius 1 is 1.20 bits per heavy atom. The molecule has 0 saturated carbocycles. The summed E-state index contributed by atoms with van der Waals surface area (Å²) in [6.45, 7) is 5.71. The number of rotatable bonds is 1. The highest BCUT2D eigenvalue weighted by molar-refractivity contribution is 5.89. The number of hydrogen-bond donors (Lipinski definition) is 1. The van der Waals surface area contributed by atoms with Gasteiger partial charge < -0.3 is 9.94 Å². The maximum atomic E-state index is 10.5. The summed E-state index contributed by atoms with van der Waals surface area (Å²) in [5.41, 5.74) is 1.03. The van der Waals surface area contributed by atoms with Gasteiger partial charge in [0.25, 0.3) is 5.79 Å². The second-order valence-electron chi connectivity index (χ2n) is 4.40. The van der Waals surface area contributed by atoms with Gasteiger partial charge in [-0.2, -0.15) is 0 Å². The predicted octanol–water partition coefficient (Wildman–Crippen LogP) is 2.26. The van der Waals surface area contributed by atoms with Crippen LogP contribution in [0.2, 0.25) is 0 Å². The van der Waals surface area contributed by atoms with Crippen molar-refractivity contribution in [3.63, 3.8) is 0 Å². The first kappa shape index (κ1) is 10.2. The van der Waals surface area contributed by atoms with Crippen molar-refractivity contribution in [1.82, 2.24) is 0 Å². The van der Waals surface area contributed by atoms with E-state index in [9.17, 15) is 5.11 Å². The normalized spacial score (nSPS) is 28.4. The van der Waals surface area contributed by atoms with Crippen LogP contribution in [0.1, 0.15) is 26.3 Å². The van der Waals surface area contributed by atoms with Crippen LogP contribution in [0.3, 0.4) is 0 Å². The molecule has 1 aliphatic heterocycles. The zero-order chi connectivity index (χ0) is 11.1. The van der Waals surface area contributed by atoms with Crippen molar-refractivity contribution in [2.24, 2.45) is 10.6 Å². The van der Waals surface area contributed by atoms with E-state index < -0.39 is 11.2 Å². The second kappa shape index (κ2) is 3.07. The molecule has 0 amide bonds. The van der Waals surface area contributed by atoms with Crippen molar-refractivity contribution in [2.45, 2.75) is 26.6 Å². The summed E-state index contributed by atoms with van der Waals surface area (Å²) in [4.78, 5) is 5.20. The molecule has 15 heavy (non-hydrogen) atoms. The van der Waals surface area contributed by atoms with E-state index in [1.165, 1.54) is 0 Å². The van der Waals surface area contributed by atoms with Crippen molar-refractivity contribution in [2.75, 3.05) is 0 Å². The highest BCUT2D eigenvalue weighted by atomic mass is 16.7. The molecule has 3 nitrogen and oxygen atoms in total. The molecule has 1 aliphatic rings. The summed E-state index contributed by atoms with van der Waals surface area (Å²) in [6.07, 6.45) is 0. The lowest BCUT2D eigenvalue weighted by Gasteiger charge is -2.33. The Kier molecular flexibility index (Phi) is 2.08. The van der Waals surface area contributed by atoms with Crippen LogP contribution >= 0.6 is 0 Å². The van der Waals surface area contributed by atoms with E-state index in [1.807, 2.05) is 51.1 Å². The van der Waals surface area contributed by atoms with Gasteiger partial charge in [-0.1, -0.05) is 35.5 Å². The average molecular weight is 205 g/mol. The molecule has 0 bridgehead atoms. The number of aliphatic hydroxyl groups is 1. The van der Waals surface area contributed by atoms with Crippen LogP contribution in [0.15, 0.2) is 35.5 Å². The zero-order valence-corrected chi connectivity index (χ0v) is 9.19. The van der Waals surface area contributed by atoms with Crippen molar-refractivity contribution < 1.29 is 9.94 Å². The average Bonchev–Trinajstić information content (AvgIpc) is 2.45. The van der Waals surface area contributed by atoms with E-state index in [2.05, 4.69) is 5.16 Å². The maximum Gasteiger partial charge on any atom is 0.271 e. The summed E-state index contributed by atoms with van der Waals surface area (Å²) in [7, 11) is 0. The van der Waals surface area contributed by atoms with Crippen molar-refractivity contribution >= 4 is 5.71 Å². The maximum absolute atomic E-state index is 10.5. The smallest absolute Gasteiger partial charge is 0.271 e. The summed E-state index contributed by atoms with van der Waals surface area (Å²) < 4.78 is 0. The molecule has 0 fully saturated rings. The van der Waals surface area contributed by atoms with E-state index in [1.54, 1.807) is 0 Å². The van der Waals surface area contributed by atoms with Gasteiger partial charge in [-0.3, -0.25) is 0 Å². The van der Waals surface area contributed by atoms with Gasteiger partial charge in [-0.05, 0) is 20.8 Å². The molecule has 1 aromatic carbocycles. The Morgan fingerprint density at radius 3 is 2.27 bits per heavy atom. The molecular weight excluding hydrogens is 190 g/mol. The van der Waals surface area contributed by atoms with Gasteiger partial charge in [0.05, 0.1) is 11.1 Å². The van der Waals surface area contributed by atoms with Crippen LogP contribution in [-0.2, 0) is 10.6 Å². The minimum Gasteiger partial charge on any atom is -0.354 e. The van der Waals surface area contributed by atoms with E-state index >= 15 is 0 Å². The van der Waals surface area contributed by atoms with Gasteiger partial charge in [-0.25, -0.2) is 0 Å². The van der Waals surface area contributed by atoms with E-state index in [-0.39, 0.29) is 0 Å². The van der Waals surface area contributed by atoms with Crippen molar-refractivity contribution in [1.29, 1.82) is 0 Å². The topological polar surface area (TPSA) is 41.8 Å². The lowest BCUT2D eigenvalue weighted by Crippen LogP contribution is -2.42. The van der Waals surface area contributed by atoms with Crippen LogP contribution in [0.5, 0.6) is 0 Å². The fourth-order valence-electron chi connectivity index (χ4n) is 1.69. The van der Waals surface area contributed by atoms with Crippen molar-refractivity contribution in [3.05, 3.63) is 35.9 Å². The molecule has 0 spiro atoms. The lowest BCUT2D eigenvalue weighted by molar-refractivity contribution is -0.240. The van der Waals surface area contributed by atoms with Crippen molar-refractivity contribution in [3.8, 4) is 0 Å². The monoisotopic (exact) mass is 205 g/mol. The molecule has 0 radical (unpaired) electrons. The first-order chi connectivity index (χ1) is 6.98. The molecular formula is C12H15NO2. The zero-order valence-electron chi connectivity index (χ0n) is 9.19. The molecule has 1 unspecified atom stereocenters. The second-order valence-corrected chi connectivity index (χ2v) is 4.40. The molecule has 3 heteroatoms. The first-order valence-electron chi connectivity index (χ1n) is 4.99. The molecule has 1 aromatic rings. The Labute approximate surface area is 89.4 Å².